The molecule has 0 aliphatic carbocycles. The van der Waals surface area contributed by atoms with Crippen LogP contribution >= 0.6 is 22.9 Å². The van der Waals surface area contributed by atoms with E-state index in [-0.39, 0.29) is 0 Å². The summed E-state index contributed by atoms with van der Waals surface area (Å²) in [4.78, 5) is 1.30. The number of halogens is 1. The zero-order valence-electron chi connectivity index (χ0n) is 15.6. The lowest BCUT2D eigenvalue weighted by molar-refractivity contribution is 0.269. The molecule has 0 aliphatic heterocycles. The van der Waals surface area contributed by atoms with E-state index < -0.39 is 0 Å². The average molecular weight is 402 g/mol. The van der Waals surface area contributed by atoms with Gasteiger partial charge in [-0.3, -0.25) is 0 Å². The molecule has 0 spiro atoms. The first-order chi connectivity index (χ1) is 13.2. The van der Waals surface area contributed by atoms with Crippen LogP contribution in [0.4, 0.5) is 0 Å². The van der Waals surface area contributed by atoms with E-state index in [1.165, 1.54) is 10.4 Å². The van der Waals surface area contributed by atoms with Gasteiger partial charge >= 0.3 is 0 Å². The van der Waals surface area contributed by atoms with Gasteiger partial charge in [0.05, 0.1) is 6.61 Å². The van der Waals surface area contributed by atoms with E-state index in [4.69, 9.17) is 21.1 Å². The summed E-state index contributed by atoms with van der Waals surface area (Å²) in [5.74, 6) is 1.39. The van der Waals surface area contributed by atoms with Crippen LogP contribution in [-0.4, -0.2) is 6.61 Å². The normalized spacial score (nSPS) is 10.8. The molecule has 3 nitrogen and oxygen atoms in total. The number of nitrogens with one attached hydrogen (secondary N) is 1. The molecule has 0 saturated heterocycles. The number of thiophene rings is 1. The number of hydrogen-bond donors (Lipinski definition) is 1. The monoisotopic (exact) mass is 401 g/mol. The summed E-state index contributed by atoms with van der Waals surface area (Å²) in [5, 5.41) is 6.18. The molecule has 3 aromatic rings. The first-order valence-corrected chi connectivity index (χ1v) is 10.3. The molecule has 5 heteroatoms. The number of hydrogen-bond acceptors (Lipinski definition) is 4. The summed E-state index contributed by atoms with van der Waals surface area (Å²) in [6, 6.07) is 16.3. The number of ether oxygens (including phenoxy) is 2. The quantitative estimate of drug-likeness (QED) is 0.478. The van der Waals surface area contributed by atoms with Crippen molar-refractivity contribution in [3.63, 3.8) is 0 Å². The molecule has 0 atom stereocenters. The van der Waals surface area contributed by atoms with Crippen molar-refractivity contribution in [2.75, 3.05) is 6.61 Å². The van der Waals surface area contributed by atoms with E-state index in [1.807, 2.05) is 19.1 Å². The lowest BCUT2D eigenvalue weighted by Crippen LogP contribution is -2.12. The van der Waals surface area contributed by atoms with Gasteiger partial charge in [-0.05, 0) is 42.5 Å². The van der Waals surface area contributed by atoms with Gasteiger partial charge < -0.3 is 14.8 Å². The van der Waals surface area contributed by atoms with Crippen LogP contribution in [0.15, 0.2) is 53.9 Å². The molecule has 0 bridgehead atoms. The molecular weight excluding hydrogens is 378 g/mol. The van der Waals surface area contributed by atoms with E-state index in [1.54, 1.807) is 11.3 Å². The molecule has 0 aliphatic rings. The molecule has 3 rings (SSSR count). The third-order valence-electron chi connectivity index (χ3n) is 4.12. The summed E-state index contributed by atoms with van der Waals surface area (Å²) in [7, 11) is 0. The van der Waals surface area contributed by atoms with Gasteiger partial charge in [0.2, 0.25) is 0 Å². The molecule has 0 amide bonds. The first kappa shape index (κ1) is 19.7. The van der Waals surface area contributed by atoms with Crippen molar-refractivity contribution in [2.45, 2.75) is 33.5 Å². The fourth-order valence-electron chi connectivity index (χ4n) is 2.67. The Morgan fingerprint density at radius 2 is 1.78 bits per heavy atom. The zero-order valence-corrected chi connectivity index (χ0v) is 17.2. The molecule has 1 N–H and O–H groups in total. The fourth-order valence-corrected chi connectivity index (χ4v) is 3.57. The Morgan fingerprint density at radius 3 is 2.48 bits per heavy atom. The summed E-state index contributed by atoms with van der Waals surface area (Å²) in [6.45, 7) is 6.59. The highest BCUT2D eigenvalue weighted by atomic mass is 35.5. The summed E-state index contributed by atoms with van der Waals surface area (Å²) < 4.78 is 11.8. The van der Waals surface area contributed by atoms with Gasteiger partial charge in [-0.25, -0.2) is 0 Å². The summed E-state index contributed by atoms with van der Waals surface area (Å²) >= 11 is 8.23. The topological polar surface area (TPSA) is 30.5 Å². The number of benzene rings is 2. The maximum Gasteiger partial charge on any atom is 0.163 e. The van der Waals surface area contributed by atoms with Crippen molar-refractivity contribution in [3.8, 4) is 11.5 Å². The van der Waals surface area contributed by atoms with Crippen molar-refractivity contribution in [1.29, 1.82) is 0 Å². The smallest absolute Gasteiger partial charge is 0.163 e. The minimum absolute atomic E-state index is 0.479. The lowest BCUT2D eigenvalue weighted by atomic mass is 10.1. The van der Waals surface area contributed by atoms with Crippen molar-refractivity contribution < 1.29 is 9.47 Å². The molecule has 2 aromatic carbocycles. The van der Waals surface area contributed by atoms with Crippen LogP contribution in [0.2, 0.25) is 5.02 Å². The van der Waals surface area contributed by atoms with Crippen LogP contribution in [0, 0.1) is 6.92 Å². The molecule has 0 fully saturated rings. The van der Waals surface area contributed by atoms with Gasteiger partial charge in [0.15, 0.2) is 11.5 Å². The zero-order chi connectivity index (χ0) is 19.1. The predicted octanol–water partition coefficient (Wildman–Crippen LogP) is 5.98. The second-order valence-corrected chi connectivity index (χ2v) is 7.72. The fraction of sp³-hybridized carbons (Fsp3) is 0.273. The van der Waals surface area contributed by atoms with Crippen LogP contribution in [0.3, 0.4) is 0 Å². The third kappa shape index (κ3) is 5.73. The minimum Gasteiger partial charge on any atom is -0.490 e. The second kappa shape index (κ2) is 9.79. The van der Waals surface area contributed by atoms with Gasteiger partial charge in [-0.2, -0.15) is 0 Å². The van der Waals surface area contributed by atoms with Crippen molar-refractivity contribution in [1.82, 2.24) is 5.32 Å². The number of aryl methyl sites for hydroxylation is 1. The van der Waals surface area contributed by atoms with Crippen LogP contribution in [0.25, 0.3) is 0 Å². The van der Waals surface area contributed by atoms with Crippen LogP contribution in [0.5, 0.6) is 11.5 Å². The van der Waals surface area contributed by atoms with Crippen LogP contribution in [0.1, 0.15) is 28.5 Å². The van der Waals surface area contributed by atoms with Crippen LogP contribution in [-0.2, 0) is 19.7 Å². The highest BCUT2D eigenvalue weighted by Crippen LogP contribution is 2.34. The Labute approximate surface area is 169 Å². The maximum atomic E-state index is 6.49. The Hall–Kier alpha value is -2.01. The lowest BCUT2D eigenvalue weighted by Gasteiger charge is -2.15. The predicted molar refractivity (Wildman–Crippen MR) is 113 cm³/mol. The molecule has 142 valence electrons. The largest absolute Gasteiger partial charge is 0.490 e. The summed E-state index contributed by atoms with van der Waals surface area (Å²) in [6.07, 6.45) is 0. The average Bonchev–Trinajstić information content (AvgIpc) is 3.18. The van der Waals surface area contributed by atoms with Gasteiger partial charge in [0.25, 0.3) is 0 Å². The van der Waals surface area contributed by atoms with E-state index in [2.05, 4.69) is 54.0 Å². The van der Waals surface area contributed by atoms with E-state index in [9.17, 15) is 0 Å². The molecule has 27 heavy (non-hydrogen) atoms. The standard InChI is InChI=1S/C22H24ClNO2S/c1-3-25-21-11-18(13-24-14-19-5-4-10-27-19)20(23)12-22(21)26-15-17-8-6-16(2)7-9-17/h4-12,24H,3,13-15H2,1-2H3. The highest BCUT2D eigenvalue weighted by molar-refractivity contribution is 7.09. The summed E-state index contributed by atoms with van der Waals surface area (Å²) in [5.41, 5.74) is 3.34. The maximum absolute atomic E-state index is 6.49. The van der Waals surface area contributed by atoms with Gasteiger partial charge in [-0.1, -0.05) is 47.5 Å². The Kier molecular flexibility index (Phi) is 7.16. The van der Waals surface area contributed by atoms with Crippen molar-refractivity contribution >= 4 is 22.9 Å². The van der Waals surface area contributed by atoms with Gasteiger partial charge in [0, 0.05) is 29.1 Å². The van der Waals surface area contributed by atoms with Crippen molar-refractivity contribution in [2.24, 2.45) is 0 Å². The second-order valence-electron chi connectivity index (χ2n) is 6.28. The third-order valence-corrected chi connectivity index (χ3v) is 5.35. The molecule has 0 radical (unpaired) electrons. The van der Waals surface area contributed by atoms with Crippen LogP contribution < -0.4 is 14.8 Å². The van der Waals surface area contributed by atoms with E-state index in [0.717, 1.165) is 23.4 Å². The van der Waals surface area contributed by atoms with Gasteiger partial charge in [0.1, 0.15) is 6.61 Å². The van der Waals surface area contributed by atoms with E-state index >= 15 is 0 Å². The van der Waals surface area contributed by atoms with Gasteiger partial charge in [-0.15, -0.1) is 11.3 Å². The molecule has 1 heterocycles. The first-order valence-electron chi connectivity index (χ1n) is 9.02. The van der Waals surface area contributed by atoms with E-state index in [0.29, 0.717) is 30.5 Å². The minimum atomic E-state index is 0.479. The molecule has 1 aromatic heterocycles. The van der Waals surface area contributed by atoms with Crippen molar-refractivity contribution in [3.05, 3.63) is 80.5 Å². The number of rotatable bonds is 9. The Bertz CT molecular complexity index is 848. The highest BCUT2D eigenvalue weighted by Gasteiger charge is 2.12. The Balaban J connectivity index is 1.67. The molecular formula is C22H24ClNO2S. The Morgan fingerprint density at radius 1 is 1.00 bits per heavy atom. The molecule has 0 unspecified atom stereocenters. The molecule has 0 saturated carbocycles. The SMILES string of the molecule is CCOc1cc(CNCc2cccs2)c(Cl)cc1OCc1ccc(C)cc1.